The van der Waals surface area contributed by atoms with Crippen LogP contribution >= 0.6 is 34.8 Å². The van der Waals surface area contributed by atoms with Crippen LogP contribution < -0.4 is 5.32 Å². The molecule has 4 nitrogen and oxygen atoms in total. The Balaban J connectivity index is 1.89. The Hall–Kier alpha value is -1.75. The molecule has 0 bridgehead atoms. The molecule has 0 fully saturated rings. The monoisotopic (exact) mass is 394 g/mol. The molecule has 2 aliphatic rings. The number of hydrogen-bond donors (Lipinski definition) is 1. The fourth-order valence-corrected chi connectivity index (χ4v) is 4.62. The molecule has 2 aromatic carbocycles. The zero-order chi connectivity index (χ0) is 17.7. The van der Waals surface area contributed by atoms with E-state index in [-0.39, 0.29) is 28.5 Å². The molecule has 7 heteroatoms. The van der Waals surface area contributed by atoms with Gasteiger partial charge in [-0.3, -0.25) is 10.1 Å². The maximum absolute atomic E-state index is 11.5. The molecular weight excluding hydrogens is 383 g/mol. The van der Waals surface area contributed by atoms with Gasteiger partial charge in [0.15, 0.2) is 0 Å². The van der Waals surface area contributed by atoms with Gasteiger partial charge < -0.3 is 5.32 Å². The van der Waals surface area contributed by atoms with Crippen LogP contribution in [0.1, 0.15) is 29.5 Å². The Morgan fingerprint density at radius 2 is 1.92 bits per heavy atom. The first-order valence-electron chi connectivity index (χ1n) is 7.82. The number of nitrogens with one attached hydrogen (secondary N) is 1. The Kier molecular flexibility index (Phi) is 4.14. The molecule has 25 heavy (non-hydrogen) atoms. The van der Waals surface area contributed by atoms with Gasteiger partial charge in [-0.05, 0) is 36.1 Å². The van der Waals surface area contributed by atoms with Crippen molar-refractivity contribution >= 4 is 46.2 Å². The number of nitro groups is 1. The molecule has 0 radical (unpaired) electrons. The number of allylic oxidation sites excluding steroid dienone is 2. The summed E-state index contributed by atoms with van der Waals surface area (Å²) in [4.78, 5) is 11.1. The predicted molar refractivity (Wildman–Crippen MR) is 101 cm³/mol. The summed E-state index contributed by atoms with van der Waals surface area (Å²) in [6, 6.07) is 8.34. The average Bonchev–Trinajstić information content (AvgIpc) is 3.04. The number of hydrogen-bond acceptors (Lipinski definition) is 3. The summed E-state index contributed by atoms with van der Waals surface area (Å²) in [7, 11) is 0. The maximum Gasteiger partial charge on any atom is 0.275 e. The zero-order valence-electron chi connectivity index (χ0n) is 12.9. The molecule has 0 saturated heterocycles. The molecule has 0 aromatic heterocycles. The Morgan fingerprint density at radius 1 is 1.12 bits per heavy atom. The van der Waals surface area contributed by atoms with E-state index >= 15 is 0 Å². The molecule has 1 aliphatic carbocycles. The van der Waals surface area contributed by atoms with Gasteiger partial charge in [0.1, 0.15) is 0 Å². The van der Waals surface area contributed by atoms with Crippen LogP contribution in [-0.4, -0.2) is 4.92 Å². The first-order chi connectivity index (χ1) is 12.0. The van der Waals surface area contributed by atoms with Gasteiger partial charge in [-0.25, -0.2) is 0 Å². The smallest absolute Gasteiger partial charge is 0.275 e. The summed E-state index contributed by atoms with van der Waals surface area (Å²) in [6.45, 7) is 0. The van der Waals surface area contributed by atoms with Gasteiger partial charge >= 0.3 is 0 Å². The molecule has 128 valence electrons. The summed E-state index contributed by atoms with van der Waals surface area (Å²) in [5, 5.41) is 16.5. The highest BCUT2D eigenvalue weighted by molar-refractivity contribution is 6.35. The van der Waals surface area contributed by atoms with E-state index in [1.807, 2.05) is 12.1 Å². The second-order valence-corrected chi connectivity index (χ2v) is 7.50. The molecule has 0 spiro atoms. The topological polar surface area (TPSA) is 55.2 Å². The molecule has 4 rings (SSSR count). The van der Waals surface area contributed by atoms with E-state index in [0.717, 1.165) is 12.0 Å². The minimum absolute atomic E-state index is 0.0768. The van der Waals surface area contributed by atoms with Gasteiger partial charge in [0.2, 0.25) is 0 Å². The summed E-state index contributed by atoms with van der Waals surface area (Å²) < 4.78 is 0. The molecule has 0 amide bonds. The number of benzene rings is 2. The third-order valence-electron chi connectivity index (χ3n) is 4.94. The lowest BCUT2D eigenvalue weighted by atomic mass is 9.76. The van der Waals surface area contributed by atoms with Crippen LogP contribution in [0.2, 0.25) is 15.1 Å². The van der Waals surface area contributed by atoms with Crippen molar-refractivity contribution in [1.29, 1.82) is 0 Å². The van der Waals surface area contributed by atoms with E-state index in [9.17, 15) is 10.1 Å². The predicted octanol–water partition coefficient (Wildman–Crippen LogP) is 6.38. The van der Waals surface area contributed by atoms with Crippen molar-refractivity contribution in [2.45, 2.75) is 18.4 Å². The van der Waals surface area contributed by atoms with Crippen LogP contribution in [0.4, 0.5) is 11.4 Å². The number of anilines is 1. The van der Waals surface area contributed by atoms with Crippen LogP contribution in [0.3, 0.4) is 0 Å². The SMILES string of the molecule is O=[N+]([O-])c1ccc(Cl)c2c1C1C=CCC1C(c1ccc(Cl)cc1Cl)N2. The Labute approximate surface area is 159 Å². The van der Waals surface area contributed by atoms with Crippen LogP contribution in [0.15, 0.2) is 42.5 Å². The third-order valence-corrected chi connectivity index (χ3v) is 5.82. The van der Waals surface area contributed by atoms with E-state index in [4.69, 9.17) is 34.8 Å². The van der Waals surface area contributed by atoms with Gasteiger partial charge in [0.05, 0.1) is 27.2 Å². The highest BCUT2D eigenvalue weighted by atomic mass is 35.5. The van der Waals surface area contributed by atoms with Crippen molar-refractivity contribution in [3.8, 4) is 0 Å². The lowest BCUT2D eigenvalue weighted by Crippen LogP contribution is -2.30. The number of nitrogens with zero attached hydrogens (tertiary/aromatic N) is 1. The average molecular weight is 396 g/mol. The molecule has 3 atom stereocenters. The first-order valence-corrected chi connectivity index (χ1v) is 8.95. The zero-order valence-corrected chi connectivity index (χ0v) is 15.1. The molecule has 3 unspecified atom stereocenters. The molecule has 1 heterocycles. The van der Waals surface area contributed by atoms with Crippen LogP contribution in [0.25, 0.3) is 0 Å². The number of rotatable bonds is 2. The molecule has 2 aromatic rings. The van der Waals surface area contributed by atoms with E-state index in [1.54, 1.807) is 18.2 Å². The van der Waals surface area contributed by atoms with Crippen LogP contribution in [0.5, 0.6) is 0 Å². The summed E-state index contributed by atoms with van der Waals surface area (Å²) in [5.74, 6) is 0.0513. The van der Waals surface area contributed by atoms with E-state index in [2.05, 4.69) is 11.4 Å². The standard InChI is InChI=1S/C18H13Cl3N2O2/c19-9-4-5-12(14(21)8-9)17-11-3-1-2-10(11)16-15(23(24)25)7-6-13(20)18(16)22-17/h1-2,4-8,10-11,17,22H,3H2. The number of nitro benzene ring substituents is 1. The fourth-order valence-electron chi connectivity index (χ4n) is 3.88. The maximum atomic E-state index is 11.5. The lowest BCUT2D eigenvalue weighted by Gasteiger charge is -2.37. The molecule has 1 aliphatic heterocycles. The number of halogens is 3. The fraction of sp³-hybridized carbons (Fsp3) is 0.222. The van der Waals surface area contributed by atoms with Crippen molar-refractivity contribution in [2.24, 2.45) is 5.92 Å². The first kappa shape index (κ1) is 16.7. The highest BCUT2D eigenvalue weighted by Gasteiger charge is 2.42. The van der Waals surface area contributed by atoms with Gasteiger partial charge in [-0.1, -0.05) is 53.0 Å². The minimum atomic E-state index is -0.352. The van der Waals surface area contributed by atoms with Gasteiger partial charge in [-0.2, -0.15) is 0 Å². The molecule has 0 saturated carbocycles. The molecule has 1 N–H and O–H groups in total. The van der Waals surface area contributed by atoms with E-state index in [1.165, 1.54) is 6.07 Å². The van der Waals surface area contributed by atoms with Crippen molar-refractivity contribution in [1.82, 2.24) is 0 Å². The van der Waals surface area contributed by atoms with E-state index in [0.29, 0.717) is 26.3 Å². The normalized spacial score (nSPS) is 23.7. The van der Waals surface area contributed by atoms with Crippen molar-refractivity contribution < 1.29 is 4.92 Å². The second kappa shape index (κ2) is 6.20. The summed E-state index contributed by atoms with van der Waals surface area (Å²) in [5.41, 5.74) is 2.27. The van der Waals surface area contributed by atoms with Crippen LogP contribution in [0, 0.1) is 16.0 Å². The van der Waals surface area contributed by atoms with Crippen molar-refractivity contribution in [3.63, 3.8) is 0 Å². The highest BCUT2D eigenvalue weighted by Crippen LogP contribution is 2.54. The van der Waals surface area contributed by atoms with Crippen LogP contribution in [-0.2, 0) is 0 Å². The lowest BCUT2D eigenvalue weighted by molar-refractivity contribution is -0.385. The summed E-state index contributed by atoms with van der Waals surface area (Å²) in [6.07, 6.45) is 4.91. The van der Waals surface area contributed by atoms with E-state index < -0.39 is 0 Å². The largest absolute Gasteiger partial charge is 0.376 e. The second-order valence-electron chi connectivity index (χ2n) is 6.25. The quantitative estimate of drug-likeness (QED) is 0.364. The number of fused-ring (bicyclic) bond motifs is 3. The van der Waals surface area contributed by atoms with Crippen molar-refractivity contribution in [2.75, 3.05) is 5.32 Å². The van der Waals surface area contributed by atoms with Crippen molar-refractivity contribution in [3.05, 3.63) is 78.8 Å². The Bertz CT molecular complexity index is 913. The summed E-state index contributed by atoms with van der Waals surface area (Å²) >= 11 is 18.8. The van der Waals surface area contributed by atoms with Gasteiger partial charge in [-0.15, -0.1) is 0 Å². The Morgan fingerprint density at radius 3 is 2.64 bits per heavy atom. The van der Waals surface area contributed by atoms with Gasteiger partial charge in [0.25, 0.3) is 5.69 Å². The van der Waals surface area contributed by atoms with Gasteiger partial charge in [0, 0.05) is 22.0 Å². The third kappa shape index (κ3) is 2.69. The molecular formula is C18H13Cl3N2O2. The minimum Gasteiger partial charge on any atom is -0.376 e.